The van der Waals surface area contributed by atoms with Gasteiger partial charge < -0.3 is 4.90 Å². The number of hydrogen-bond acceptors (Lipinski definition) is 3. The fourth-order valence-corrected chi connectivity index (χ4v) is 1.62. The Bertz CT molecular complexity index is 564. The second-order valence-corrected chi connectivity index (χ2v) is 3.90. The summed E-state index contributed by atoms with van der Waals surface area (Å²) in [4.78, 5) is 23.4. The number of carbonyl (C=O) groups excluding carboxylic acids is 1. The van der Waals surface area contributed by atoms with Gasteiger partial charge in [0.2, 0.25) is 0 Å². The van der Waals surface area contributed by atoms with Crippen molar-refractivity contribution in [3.8, 4) is 12.3 Å². The van der Waals surface area contributed by atoms with Crippen molar-refractivity contribution in [1.82, 2.24) is 4.90 Å². The van der Waals surface area contributed by atoms with Gasteiger partial charge in [0, 0.05) is 18.7 Å². The molecule has 6 heteroatoms. The Morgan fingerprint density at radius 2 is 2.21 bits per heavy atom. The van der Waals surface area contributed by atoms with E-state index in [4.69, 9.17) is 6.42 Å². The van der Waals surface area contributed by atoms with E-state index in [1.807, 2.05) is 0 Å². The number of nitrogens with zero attached hydrogens (tertiary/aromatic N) is 2. The number of rotatable bonds is 4. The predicted molar refractivity (Wildman–Crippen MR) is 68.2 cm³/mol. The van der Waals surface area contributed by atoms with Crippen molar-refractivity contribution in [2.75, 3.05) is 13.1 Å². The summed E-state index contributed by atoms with van der Waals surface area (Å²) in [5, 5.41) is 10.7. The molecule has 19 heavy (non-hydrogen) atoms. The first-order valence-corrected chi connectivity index (χ1v) is 5.59. The fraction of sp³-hybridized carbons (Fsp3) is 0.308. The van der Waals surface area contributed by atoms with E-state index in [0.29, 0.717) is 6.54 Å². The summed E-state index contributed by atoms with van der Waals surface area (Å²) >= 11 is 0. The van der Waals surface area contributed by atoms with Gasteiger partial charge in [-0.1, -0.05) is 5.92 Å². The Labute approximate surface area is 110 Å². The van der Waals surface area contributed by atoms with Crippen LogP contribution in [0.15, 0.2) is 12.1 Å². The van der Waals surface area contributed by atoms with Crippen LogP contribution >= 0.6 is 0 Å². The Kier molecular flexibility index (Phi) is 4.59. The number of terminal acetylenes is 1. The van der Waals surface area contributed by atoms with Crippen molar-refractivity contribution in [3.63, 3.8) is 0 Å². The van der Waals surface area contributed by atoms with E-state index < -0.39 is 16.6 Å². The first-order valence-electron chi connectivity index (χ1n) is 5.59. The van der Waals surface area contributed by atoms with Gasteiger partial charge >= 0.3 is 0 Å². The highest BCUT2D eigenvalue weighted by atomic mass is 19.1. The second kappa shape index (κ2) is 5.96. The average Bonchev–Trinajstić information content (AvgIpc) is 2.37. The van der Waals surface area contributed by atoms with Crippen LogP contribution in [0.1, 0.15) is 22.8 Å². The number of amides is 1. The van der Waals surface area contributed by atoms with Crippen molar-refractivity contribution in [2.45, 2.75) is 13.8 Å². The molecule has 0 aromatic heterocycles. The van der Waals surface area contributed by atoms with Gasteiger partial charge in [-0.2, -0.15) is 0 Å². The molecule has 0 aliphatic carbocycles. The lowest BCUT2D eigenvalue weighted by Gasteiger charge is -2.18. The Morgan fingerprint density at radius 1 is 1.58 bits per heavy atom. The van der Waals surface area contributed by atoms with E-state index >= 15 is 0 Å². The van der Waals surface area contributed by atoms with Gasteiger partial charge in [0.25, 0.3) is 11.6 Å². The zero-order chi connectivity index (χ0) is 14.6. The van der Waals surface area contributed by atoms with Gasteiger partial charge in [-0.25, -0.2) is 4.39 Å². The maximum Gasteiger partial charge on any atom is 0.270 e. The number of benzene rings is 1. The van der Waals surface area contributed by atoms with Crippen LogP contribution in [0.3, 0.4) is 0 Å². The third kappa shape index (κ3) is 3.07. The smallest absolute Gasteiger partial charge is 0.270 e. The molecule has 5 nitrogen and oxygen atoms in total. The van der Waals surface area contributed by atoms with Gasteiger partial charge in [0.15, 0.2) is 0 Å². The van der Waals surface area contributed by atoms with E-state index in [0.717, 1.165) is 12.1 Å². The number of aryl methyl sites for hydroxylation is 1. The van der Waals surface area contributed by atoms with Crippen molar-refractivity contribution in [2.24, 2.45) is 0 Å². The molecular formula is C13H13FN2O3. The lowest BCUT2D eigenvalue weighted by atomic mass is 10.1. The van der Waals surface area contributed by atoms with E-state index in [9.17, 15) is 19.3 Å². The quantitative estimate of drug-likeness (QED) is 0.475. The van der Waals surface area contributed by atoms with Gasteiger partial charge in [-0.05, 0) is 19.4 Å². The highest BCUT2D eigenvalue weighted by molar-refractivity contribution is 5.95. The summed E-state index contributed by atoms with van der Waals surface area (Å²) in [5.41, 5.74) is -0.600. The lowest BCUT2D eigenvalue weighted by molar-refractivity contribution is -0.385. The van der Waals surface area contributed by atoms with Crippen LogP contribution in [0, 0.1) is 35.2 Å². The molecule has 1 amide bonds. The fourth-order valence-electron chi connectivity index (χ4n) is 1.62. The summed E-state index contributed by atoms with van der Waals surface area (Å²) < 4.78 is 13.9. The lowest BCUT2D eigenvalue weighted by Crippen LogP contribution is -2.32. The molecule has 0 aliphatic rings. The van der Waals surface area contributed by atoms with Crippen molar-refractivity contribution < 1.29 is 14.1 Å². The summed E-state index contributed by atoms with van der Waals surface area (Å²) in [7, 11) is 0. The third-order valence-electron chi connectivity index (χ3n) is 2.63. The monoisotopic (exact) mass is 264 g/mol. The highest BCUT2D eigenvalue weighted by Crippen LogP contribution is 2.22. The third-order valence-corrected chi connectivity index (χ3v) is 2.63. The molecule has 0 saturated heterocycles. The van der Waals surface area contributed by atoms with Crippen LogP contribution in [0.5, 0.6) is 0 Å². The average molecular weight is 264 g/mol. The molecule has 0 radical (unpaired) electrons. The number of nitro benzene ring substituents is 1. The standard InChI is InChI=1S/C13H13FN2O3/c1-4-6-15(5-2)13(17)11-8-10(16(18)19)7-9(3)12(11)14/h1,7-8H,5-6H2,2-3H3. The molecular weight excluding hydrogens is 251 g/mol. The van der Waals surface area contributed by atoms with Crippen LogP contribution in [-0.2, 0) is 0 Å². The zero-order valence-electron chi connectivity index (χ0n) is 10.6. The van der Waals surface area contributed by atoms with Crippen LogP contribution < -0.4 is 0 Å². The largest absolute Gasteiger partial charge is 0.328 e. The second-order valence-electron chi connectivity index (χ2n) is 3.90. The van der Waals surface area contributed by atoms with Crippen LogP contribution in [0.4, 0.5) is 10.1 Å². The minimum absolute atomic E-state index is 0.0243. The molecule has 0 aliphatic heterocycles. The molecule has 100 valence electrons. The molecule has 1 aromatic rings. The molecule has 1 rings (SSSR count). The highest BCUT2D eigenvalue weighted by Gasteiger charge is 2.22. The number of hydrogen-bond donors (Lipinski definition) is 0. The minimum atomic E-state index is -0.758. The van der Waals surface area contributed by atoms with Gasteiger partial charge in [0.1, 0.15) is 5.82 Å². The zero-order valence-corrected chi connectivity index (χ0v) is 10.6. The first-order chi connectivity index (χ1) is 8.92. The number of nitro groups is 1. The van der Waals surface area contributed by atoms with Crippen LogP contribution in [0.25, 0.3) is 0 Å². The summed E-state index contributed by atoms with van der Waals surface area (Å²) in [6, 6.07) is 2.02. The molecule has 0 saturated carbocycles. The van der Waals surface area contributed by atoms with E-state index in [2.05, 4.69) is 5.92 Å². The van der Waals surface area contributed by atoms with Gasteiger partial charge in [0.05, 0.1) is 17.0 Å². The first kappa shape index (κ1) is 14.6. The van der Waals surface area contributed by atoms with Crippen molar-refractivity contribution in [3.05, 3.63) is 39.2 Å². The molecule has 0 spiro atoms. The molecule has 0 unspecified atom stereocenters. The Morgan fingerprint density at radius 3 is 2.68 bits per heavy atom. The Hall–Kier alpha value is -2.42. The van der Waals surface area contributed by atoms with E-state index in [1.54, 1.807) is 6.92 Å². The number of halogens is 1. The molecule has 0 N–H and O–H groups in total. The molecule has 0 fully saturated rings. The normalized spacial score (nSPS) is 9.79. The summed E-state index contributed by atoms with van der Waals surface area (Å²) in [6.07, 6.45) is 5.12. The predicted octanol–water partition coefficient (Wildman–Crippen LogP) is 2.14. The topological polar surface area (TPSA) is 63.5 Å². The summed E-state index contributed by atoms with van der Waals surface area (Å²) in [5.74, 6) is 0.883. The molecule has 1 aromatic carbocycles. The van der Waals surface area contributed by atoms with E-state index in [1.165, 1.54) is 11.8 Å². The Balaban J connectivity index is 3.29. The van der Waals surface area contributed by atoms with Gasteiger partial charge in [-0.3, -0.25) is 14.9 Å². The van der Waals surface area contributed by atoms with Gasteiger partial charge in [-0.15, -0.1) is 6.42 Å². The van der Waals surface area contributed by atoms with Crippen molar-refractivity contribution in [1.29, 1.82) is 0 Å². The van der Waals surface area contributed by atoms with Crippen molar-refractivity contribution >= 4 is 11.6 Å². The minimum Gasteiger partial charge on any atom is -0.328 e. The molecule has 0 heterocycles. The molecule has 0 bridgehead atoms. The number of non-ortho nitro benzene ring substituents is 1. The maximum atomic E-state index is 13.9. The van der Waals surface area contributed by atoms with E-state index in [-0.39, 0.29) is 23.4 Å². The van der Waals surface area contributed by atoms with Crippen LogP contribution in [0.2, 0.25) is 0 Å². The molecule has 0 atom stereocenters. The van der Waals surface area contributed by atoms with Crippen LogP contribution in [-0.4, -0.2) is 28.8 Å². The number of carbonyl (C=O) groups is 1. The summed E-state index contributed by atoms with van der Waals surface area (Å²) in [6.45, 7) is 3.38. The SMILES string of the molecule is C#CCN(CC)C(=O)c1cc([N+](=O)[O-])cc(C)c1F. The maximum absolute atomic E-state index is 13.9.